The van der Waals surface area contributed by atoms with Crippen LogP contribution in [0.5, 0.6) is 0 Å². The molecular formula is C21H25N3O2S2. The van der Waals surface area contributed by atoms with Crippen molar-refractivity contribution in [2.24, 2.45) is 5.92 Å². The number of aryl methyl sites for hydroxylation is 1. The molecule has 1 aromatic heterocycles. The largest absolute Gasteiger partial charge is 0.353 e. The monoisotopic (exact) mass is 415 g/mol. The van der Waals surface area contributed by atoms with E-state index in [1.165, 1.54) is 0 Å². The molecule has 5 nitrogen and oxygen atoms in total. The lowest BCUT2D eigenvalue weighted by Crippen LogP contribution is -2.43. The number of piperidine rings is 1. The number of nitrogens with one attached hydrogen (secondary N) is 1. The lowest BCUT2D eigenvalue weighted by atomic mass is 9.95. The second-order valence-electron chi connectivity index (χ2n) is 7.52. The number of carbonyl (C=O) groups is 2. The van der Waals surface area contributed by atoms with E-state index in [2.05, 4.69) is 15.7 Å². The molecule has 1 N–H and O–H groups in total. The smallest absolute Gasteiger partial charge is 0.253 e. The first kappa shape index (κ1) is 19.5. The molecule has 2 heterocycles. The Morgan fingerprint density at radius 2 is 1.89 bits per heavy atom. The fourth-order valence-corrected chi connectivity index (χ4v) is 4.91. The molecule has 4 rings (SSSR count). The average molecular weight is 416 g/mol. The first-order chi connectivity index (χ1) is 13.6. The molecule has 148 valence electrons. The zero-order chi connectivity index (χ0) is 19.5. The van der Waals surface area contributed by atoms with Gasteiger partial charge in [-0.15, -0.1) is 23.1 Å². The van der Waals surface area contributed by atoms with Crippen LogP contribution in [0.1, 0.15) is 46.7 Å². The van der Waals surface area contributed by atoms with Gasteiger partial charge in [0.1, 0.15) is 0 Å². The van der Waals surface area contributed by atoms with Crippen LogP contribution < -0.4 is 5.32 Å². The van der Waals surface area contributed by atoms with Crippen molar-refractivity contribution >= 4 is 34.9 Å². The molecule has 2 aliphatic rings. The van der Waals surface area contributed by atoms with E-state index in [0.717, 1.165) is 52.6 Å². The molecular weight excluding hydrogens is 390 g/mol. The molecule has 7 heteroatoms. The van der Waals surface area contributed by atoms with Gasteiger partial charge >= 0.3 is 0 Å². The van der Waals surface area contributed by atoms with Crippen molar-refractivity contribution in [3.63, 3.8) is 0 Å². The summed E-state index contributed by atoms with van der Waals surface area (Å²) in [6, 6.07) is 8.23. The van der Waals surface area contributed by atoms with E-state index in [0.29, 0.717) is 19.1 Å². The van der Waals surface area contributed by atoms with Crippen LogP contribution >= 0.6 is 23.1 Å². The van der Waals surface area contributed by atoms with Crippen LogP contribution in [0.2, 0.25) is 0 Å². The minimum absolute atomic E-state index is 0.0535. The number of thiazole rings is 1. The fraction of sp³-hybridized carbons (Fsp3) is 0.476. The Balaban J connectivity index is 1.27. The second kappa shape index (κ2) is 8.66. The van der Waals surface area contributed by atoms with Crippen molar-refractivity contribution in [1.82, 2.24) is 15.2 Å². The zero-order valence-electron chi connectivity index (χ0n) is 16.0. The summed E-state index contributed by atoms with van der Waals surface area (Å²) in [6.07, 6.45) is 3.73. The van der Waals surface area contributed by atoms with Crippen molar-refractivity contribution in [3.8, 4) is 0 Å². The summed E-state index contributed by atoms with van der Waals surface area (Å²) in [4.78, 5) is 32.4. The van der Waals surface area contributed by atoms with E-state index < -0.39 is 0 Å². The number of hydrogen-bond acceptors (Lipinski definition) is 5. The Morgan fingerprint density at radius 3 is 2.50 bits per heavy atom. The number of nitrogens with zero attached hydrogens (tertiary/aromatic N) is 2. The van der Waals surface area contributed by atoms with E-state index in [9.17, 15) is 9.59 Å². The van der Waals surface area contributed by atoms with E-state index in [1.807, 2.05) is 36.1 Å². The highest BCUT2D eigenvalue weighted by Gasteiger charge is 2.31. The lowest BCUT2D eigenvalue weighted by molar-refractivity contribution is -0.126. The molecule has 2 amide bonds. The Hall–Kier alpha value is -1.86. The number of aromatic nitrogens is 1. The summed E-state index contributed by atoms with van der Waals surface area (Å²) in [5, 5.41) is 6.26. The maximum atomic E-state index is 12.8. The van der Waals surface area contributed by atoms with Crippen LogP contribution in [0.3, 0.4) is 0 Å². The van der Waals surface area contributed by atoms with Gasteiger partial charge in [0.15, 0.2) is 0 Å². The predicted octanol–water partition coefficient (Wildman–Crippen LogP) is 3.87. The van der Waals surface area contributed by atoms with Gasteiger partial charge in [0, 0.05) is 46.6 Å². The average Bonchev–Trinajstić information content (AvgIpc) is 3.44. The van der Waals surface area contributed by atoms with Crippen LogP contribution in [-0.2, 0) is 10.5 Å². The Kier molecular flexibility index (Phi) is 6.01. The maximum absolute atomic E-state index is 12.8. The van der Waals surface area contributed by atoms with Gasteiger partial charge < -0.3 is 10.2 Å². The van der Waals surface area contributed by atoms with Gasteiger partial charge in [-0.25, -0.2) is 4.98 Å². The molecule has 1 aromatic carbocycles. The molecule has 1 aliphatic heterocycles. The van der Waals surface area contributed by atoms with Gasteiger partial charge in [-0.3, -0.25) is 9.59 Å². The highest BCUT2D eigenvalue weighted by molar-refractivity contribution is 7.98. The van der Waals surface area contributed by atoms with Crippen LogP contribution in [0, 0.1) is 12.8 Å². The van der Waals surface area contributed by atoms with Crippen LogP contribution in [0.4, 0.5) is 0 Å². The van der Waals surface area contributed by atoms with Crippen LogP contribution in [0.25, 0.3) is 0 Å². The van der Waals surface area contributed by atoms with Gasteiger partial charge in [0.25, 0.3) is 5.91 Å². The molecule has 0 bridgehead atoms. The number of hydrogen-bond donors (Lipinski definition) is 1. The number of carbonyl (C=O) groups excluding carboxylic acids is 2. The number of benzene rings is 1. The minimum Gasteiger partial charge on any atom is -0.353 e. The molecule has 2 aromatic rings. The predicted molar refractivity (Wildman–Crippen MR) is 113 cm³/mol. The molecule has 1 aliphatic carbocycles. The number of amides is 2. The van der Waals surface area contributed by atoms with E-state index in [4.69, 9.17) is 0 Å². The van der Waals surface area contributed by atoms with E-state index in [-0.39, 0.29) is 17.7 Å². The molecule has 0 radical (unpaired) electrons. The van der Waals surface area contributed by atoms with E-state index in [1.54, 1.807) is 23.1 Å². The first-order valence-corrected chi connectivity index (χ1v) is 11.7. The third kappa shape index (κ3) is 4.94. The topological polar surface area (TPSA) is 62.3 Å². The highest BCUT2D eigenvalue weighted by atomic mass is 32.2. The van der Waals surface area contributed by atoms with Crippen molar-refractivity contribution in [3.05, 3.63) is 45.9 Å². The van der Waals surface area contributed by atoms with Crippen LogP contribution in [-0.4, -0.2) is 40.8 Å². The maximum Gasteiger partial charge on any atom is 0.253 e. The Labute approximate surface area is 173 Å². The molecule has 2 fully saturated rings. The van der Waals surface area contributed by atoms with Crippen molar-refractivity contribution in [2.75, 3.05) is 13.1 Å². The standard InChI is InChI=1S/C21H25N3O2S2/c1-14-22-18(12-27-14)13-28-19-6-2-16(3-7-19)21(26)24-10-8-15(9-11-24)20(25)23-17-4-5-17/h2-3,6-7,12,15,17H,4-5,8-11,13H2,1H3,(H,23,25). The zero-order valence-corrected chi connectivity index (χ0v) is 17.7. The molecule has 0 atom stereocenters. The van der Waals surface area contributed by atoms with Crippen molar-refractivity contribution in [1.29, 1.82) is 0 Å². The summed E-state index contributed by atoms with van der Waals surface area (Å²) in [5.41, 5.74) is 1.82. The summed E-state index contributed by atoms with van der Waals surface area (Å²) in [7, 11) is 0. The summed E-state index contributed by atoms with van der Waals surface area (Å²) in [5.74, 6) is 1.13. The third-order valence-corrected chi connectivity index (χ3v) is 7.10. The van der Waals surface area contributed by atoms with E-state index >= 15 is 0 Å². The lowest BCUT2D eigenvalue weighted by Gasteiger charge is -2.31. The Morgan fingerprint density at radius 1 is 1.18 bits per heavy atom. The Bertz CT molecular complexity index is 838. The minimum atomic E-state index is 0.0535. The number of rotatable bonds is 6. The molecule has 0 unspecified atom stereocenters. The molecule has 1 saturated heterocycles. The van der Waals surface area contributed by atoms with Gasteiger partial charge in [0.2, 0.25) is 5.91 Å². The fourth-order valence-electron chi connectivity index (χ4n) is 3.40. The molecule has 0 spiro atoms. The normalized spacial score (nSPS) is 17.5. The quantitative estimate of drug-likeness (QED) is 0.728. The summed E-state index contributed by atoms with van der Waals surface area (Å²) in [6.45, 7) is 3.32. The van der Waals surface area contributed by atoms with Crippen molar-refractivity contribution < 1.29 is 9.59 Å². The second-order valence-corrected chi connectivity index (χ2v) is 9.63. The van der Waals surface area contributed by atoms with Gasteiger partial charge in [-0.05, 0) is 56.9 Å². The van der Waals surface area contributed by atoms with Gasteiger partial charge in [-0.1, -0.05) is 0 Å². The summed E-state index contributed by atoms with van der Waals surface area (Å²) < 4.78 is 0. The van der Waals surface area contributed by atoms with Gasteiger partial charge in [-0.2, -0.15) is 0 Å². The van der Waals surface area contributed by atoms with Gasteiger partial charge in [0.05, 0.1) is 10.7 Å². The molecule has 1 saturated carbocycles. The van der Waals surface area contributed by atoms with Crippen LogP contribution in [0.15, 0.2) is 34.5 Å². The number of likely N-dealkylation sites (tertiary alicyclic amines) is 1. The molecule has 28 heavy (non-hydrogen) atoms. The highest BCUT2D eigenvalue weighted by Crippen LogP contribution is 2.26. The van der Waals surface area contributed by atoms with Crippen molar-refractivity contribution in [2.45, 2.75) is 49.3 Å². The SMILES string of the molecule is Cc1nc(CSc2ccc(C(=O)N3CCC(C(=O)NC4CC4)CC3)cc2)cs1. The first-order valence-electron chi connectivity index (χ1n) is 9.82. The number of thioether (sulfide) groups is 1. The third-order valence-electron chi connectivity index (χ3n) is 5.23. The summed E-state index contributed by atoms with van der Waals surface area (Å²) >= 11 is 3.40.